The number of anilines is 1. The van der Waals surface area contributed by atoms with Crippen LogP contribution in [0.5, 0.6) is 5.75 Å². The van der Waals surface area contributed by atoms with Crippen LogP contribution in [0.1, 0.15) is 5.56 Å². The minimum absolute atomic E-state index is 0.0706. The molecule has 0 saturated heterocycles. The van der Waals surface area contributed by atoms with Crippen LogP contribution in [0, 0.1) is 6.92 Å². The zero-order chi connectivity index (χ0) is 18.3. The van der Waals surface area contributed by atoms with Crippen LogP contribution in [0.3, 0.4) is 0 Å². The van der Waals surface area contributed by atoms with Crippen molar-refractivity contribution < 1.29 is 9.84 Å². The lowest BCUT2D eigenvalue weighted by Crippen LogP contribution is -2.09. The molecule has 4 N–H and O–H groups in total. The van der Waals surface area contributed by atoms with E-state index < -0.39 is 0 Å². The van der Waals surface area contributed by atoms with Crippen molar-refractivity contribution in [3.05, 3.63) is 58.4 Å². The number of hydrogen-bond acceptors (Lipinski definition) is 5. The molecule has 0 aliphatic carbocycles. The van der Waals surface area contributed by atoms with Gasteiger partial charge in [-0.2, -0.15) is 5.10 Å². The van der Waals surface area contributed by atoms with Crippen molar-refractivity contribution in [2.45, 2.75) is 6.92 Å². The maximum Gasteiger partial charge on any atom is 0.261 e. The van der Waals surface area contributed by atoms with E-state index in [9.17, 15) is 4.79 Å². The van der Waals surface area contributed by atoms with Crippen molar-refractivity contribution >= 4 is 27.6 Å². The Balaban J connectivity index is 1.99. The maximum atomic E-state index is 12.5. The number of pyridine rings is 1. The number of para-hydroxylation sites is 1. The number of aromatic nitrogens is 3. The molecule has 26 heavy (non-hydrogen) atoms. The fraction of sp³-hybridized carbons (Fsp3) is 0.158. The van der Waals surface area contributed by atoms with E-state index in [-0.39, 0.29) is 24.6 Å². The van der Waals surface area contributed by atoms with Gasteiger partial charge in [0.05, 0.1) is 17.8 Å². The first-order valence-electron chi connectivity index (χ1n) is 8.24. The summed E-state index contributed by atoms with van der Waals surface area (Å²) in [6.07, 6.45) is 0. The van der Waals surface area contributed by atoms with Gasteiger partial charge in [-0.15, -0.1) is 0 Å². The van der Waals surface area contributed by atoms with Crippen LogP contribution in [0.4, 0.5) is 5.82 Å². The Bertz CT molecular complexity index is 1180. The molecule has 2 aromatic carbocycles. The van der Waals surface area contributed by atoms with Crippen LogP contribution >= 0.6 is 0 Å². The zero-order valence-corrected chi connectivity index (χ0v) is 14.2. The molecule has 0 aliphatic heterocycles. The minimum atomic E-state index is -0.271. The number of aromatic amines is 1. The standard InChI is InChI=1S/C19H18N4O3/c1-11-14(7-4-8-15(11)26-10-9-24)23-18(20)16-17(22-23)12-5-2-3-6-13(12)21-19(16)25/h2-8,24H,9-10,20H2,1H3,(H,21,25). The van der Waals surface area contributed by atoms with E-state index in [0.717, 1.165) is 16.6 Å². The third kappa shape index (κ3) is 2.41. The number of hydrogen-bond donors (Lipinski definition) is 3. The van der Waals surface area contributed by atoms with Gasteiger partial charge in [0.15, 0.2) is 0 Å². The number of fused-ring (bicyclic) bond motifs is 3. The molecule has 0 fully saturated rings. The summed E-state index contributed by atoms with van der Waals surface area (Å²) in [7, 11) is 0. The second-order valence-electron chi connectivity index (χ2n) is 5.99. The number of aliphatic hydroxyl groups is 1. The summed E-state index contributed by atoms with van der Waals surface area (Å²) in [5.74, 6) is 0.906. The average molecular weight is 350 g/mol. The van der Waals surface area contributed by atoms with Gasteiger partial charge in [0, 0.05) is 10.9 Å². The molecule has 4 aromatic rings. The third-order valence-corrected chi connectivity index (χ3v) is 4.41. The molecule has 0 spiro atoms. The number of nitrogens with two attached hydrogens (primary N) is 1. The molecule has 0 bridgehead atoms. The summed E-state index contributed by atoms with van der Waals surface area (Å²) in [6.45, 7) is 2.01. The highest BCUT2D eigenvalue weighted by Gasteiger charge is 2.18. The quantitative estimate of drug-likeness (QED) is 0.523. The zero-order valence-electron chi connectivity index (χ0n) is 14.2. The van der Waals surface area contributed by atoms with Gasteiger partial charge in [0.2, 0.25) is 0 Å². The predicted molar refractivity (Wildman–Crippen MR) is 101 cm³/mol. The number of H-pyrrole nitrogens is 1. The Hall–Kier alpha value is -3.32. The summed E-state index contributed by atoms with van der Waals surface area (Å²) >= 11 is 0. The molecule has 0 saturated carbocycles. The van der Waals surface area contributed by atoms with E-state index in [4.69, 9.17) is 15.6 Å². The fourth-order valence-electron chi connectivity index (χ4n) is 3.15. The van der Waals surface area contributed by atoms with Crippen molar-refractivity contribution in [3.63, 3.8) is 0 Å². The Morgan fingerprint density at radius 2 is 2.04 bits per heavy atom. The van der Waals surface area contributed by atoms with E-state index in [0.29, 0.717) is 22.2 Å². The first kappa shape index (κ1) is 16.2. The Labute approximate surface area is 148 Å². The topological polar surface area (TPSA) is 106 Å². The summed E-state index contributed by atoms with van der Waals surface area (Å²) in [5.41, 5.74) is 8.82. The lowest BCUT2D eigenvalue weighted by atomic mass is 10.1. The SMILES string of the molecule is Cc1c(OCCO)cccc1-n1nc2c(c1N)c(=O)[nH]c1ccccc12. The minimum Gasteiger partial charge on any atom is -0.491 e. The monoisotopic (exact) mass is 350 g/mol. The van der Waals surface area contributed by atoms with Crippen molar-refractivity contribution in [2.24, 2.45) is 0 Å². The number of benzene rings is 2. The van der Waals surface area contributed by atoms with Gasteiger partial charge in [-0.25, -0.2) is 4.68 Å². The molecule has 0 unspecified atom stereocenters. The molecule has 132 valence electrons. The smallest absolute Gasteiger partial charge is 0.261 e. The van der Waals surface area contributed by atoms with E-state index >= 15 is 0 Å². The molecule has 2 heterocycles. The first-order chi connectivity index (χ1) is 12.6. The van der Waals surface area contributed by atoms with Crippen molar-refractivity contribution in [3.8, 4) is 11.4 Å². The summed E-state index contributed by atoms with van der Waals surface area (Å²) in [4.78, 5) is 15.4. The summed E-state index contributed by atoms with van der Waals surface area (Å²) < 4.78 is 7.12. The van der Waals surface area contributed by atoms with Crippen LogP contribution in [0.25, 0.3) is 27.5 Å². The number of nitrogens with one attached hydrogen (secondary N) is 1. The maximum absolute atomic E-state index is 12.5. The van der Waals surface area contributed by atoms with Gasteiger partial charge >= 0.3 is 0 Å². The Morgan fingerprint density at radius 1 is 1.23 bits per heavy atom. The average Bonchev–Trinajstić information content (AvgIpc) is 2.99. The molecular weight excluding hydrogens is 332 g/mol. The highest BCUT2D eigenvalue weighted by Crippen LogP contribution is 2.30. The molecule has 0 amide bonds. The van der Waals surface area contributed by atoms with Crippen molar-refractivity contribution in [1.82, 2.24) is 14.8 Å². The molecule has 7 nitrogen and oxygen atoms in total. The van der Waals surface area contributed by atoms with Crippen LogP contribution in [-0.4, -0.2) is 33.1 Å². The van der Waals surface area contributed by atoms with Gasteiger partial charge in [0.25, 0.3) is 5.56 Å². The lowest BCUT2D eigenvalue weighted by molar-refractivity contribution is 0.200. The molecule has 0 radical (unpaired) electrons. The van der Waals surface area contributed by atoms with Gasteiger partial charge in [-0.3, -0.25) is 4.79 Å². The number of nitrogens with zero attached hydrogens (tertiary/aromatic N) is 2. The molecular formula is C19H18N4O3. The first-order valence-corrected chi connectivity index (χ1v) is 8.24. The number of aliphatic hydroxyl groups excluding tert-OH is 1. The predicted octanol–water partition coefficient (Wildman–Crippen LogP) is 2.13. The molecule has 0 aliphatic rings. The van der Waals surface area contributed by atoms with E-state index in [1.807, 2.05) is 49.4 Å². The van der Waals surface area contributed by atoms with Crippen molar-refractivity contribution in [1.29, 1.82) is 0 Å². The molecule has 7 heteroatoms. The Kier molecular flexibility index (Phi) is 3.85. The van der Waals surface area contributed by atoms with Gasteiger partial charge in [0.1, 0.15) is 29.1 Å². The summed E-state index contributed by atoms with van der Waals surface area (Å²) in [5, 5.41) is 14.8. The molecule has 2 aromatic heterocycles. The Morgan fingerprint density at radius 3 is 2.85 bits per heavy atom. The van der Waals surface area contributed by atoms with E-state index in [2.05, 4.69) is 10.1 Å². The van der Waals surface area contributed by atoms with Gasteiger partial charge < -0.3 is 20.6 Å². The molecule has 0 atom stereocenters. The van der Waals surface area contributed by atoms with Crippen LogP contribution in [0.15, 0.2) is 47.3 Å². The lowest BCUT2D eigenvalue weighted by Gasteiger charge is -2.12. The van der Waals surface area contributed by atoms with Crippen LogP contribution in [0.2, 0.25) is 0 Å². The third-order valence-electron chi connectivity index (χ3n) is 4.41. The van der Waals surface area contributed by atoms with E-state index in [1.54, 1.807) is 4.68 Å². The molecule has 4 rings (SSSR count). The summed E-state index contributed by atoms with van der Waals surface area (Å²) in [6, 6.07) is 13.0. The second-order valence-corrected chi connectivity index (χ2v) is 5.99. The van der Waals surface area contributed by atoms with Gasteiger partial charge in [-0.05, 0) is 25.1 Å². The van der Waals surface area contributed by atoms with Crippen molar-refractivity contribution in [2.75, 3.05) is 18.9 Å². The number of rotatable bonds is 4. The van der Waals surface area contributed by atoms with Crippen LogP contribution < -0.4 is 16.0 Å². The largest absolute Gasteiger partial charge is 0.491 e. The van der Waals surface area contributed by atoms with Gasteiger partial charge in [-0.1, -0.05) is 24.3 Å². The van der Waals surface area contributed by atoms with E-state index in [1.165, 1.54) is 0 Å². The fourth-order valence-corrected chi connectivity index (χ4v) is 3.15. The number of ether oxygens (including phenoxy) is 1. The second kappa shape index (κ2) is 6.20. The highest BCUT2D eigenvalue weighted by atomic mass is 16.5. The number of nitrogen functional groups attached to an aromatic ring is 1. The van der Waals surface area contributed by atoms with Crippen LogP contribution in [-0.2, 0) is 0 Å². The normalized spacial score (nSPS) is 11.3. The highest BCUT2D eigenvalue weighted by molar-refractivity contribution is 6.06.